The second-order valence-electron chi connectivity index (χ2n) is 12.5. The molecule has 0 unspecified atom stereocenters. The Kier molecular flexibility index (Phi) is 14.1. The number of hydrogen-bond donors (Lipinski definition) is 4. The molecular weight excluding hydrogens is 712 g/mol. The molecule has 2 aliphatic rings. The van der Waals surface area contributed by atoms with Gasteiger partial charge in [0.2, 0.25) is 17.7 Å². The van der Waals surface area contributed by atoms with E-state index in [0.29, 0.717) is 0 Å². The Bertz CT molecular complexity index is 1720. The lowest BCUT2D eigenvalue weighted by molar-refractivity contribution is -0.228. The number of carboxylic acids is 1. The van der Waals surface area contributed by atoms with Crippen molar-refractivity contribution < 1.29 is 67.1 Å². The largest absolute Gasteiger partial charge is 0.480 e. The van der Waals surface area contributed by atoms with Crippen LogP contribution in [0.4, 0.5) is 4.79 Å². The fourth-order valence-corrected chi connectivity index (χ4v) is 6.31. The van der Waals surface area contributed by atoms with Gasteiger partial charge in [-0.2, -0.15) is 0 Å². The number of ether oxygens (including phenoxy) is 5. The molecule has 4 rings (SSSR count). The molecule has 2 aromatic carbocycles. The Morgan fingerprint density at radius 3 is 1.91 bits per heavy atom. The predicted octanol–water partition coefficient (Wildman–Crippen LogP) is 0.601. The van der Waals surface area contributed by atoms with E-state index in [0.717, 1.165) is 54.8 Å². The van der Waals surface area contributed by atoms with Crippen LogP contribution >= 0.6 is 0 Å². The van der Waals surface area contributed by atoms with Crippen LogP contribution in [0.3, 0.4) is 0 Å². The summed E-state index contributed by atoms with van der Waals surface area (Å²) in [7, 11) is 0. The van der Waals surface area contributed by atoms with Gasteiger partial charge < -0.3 is 49.6 Å². The molecule has 1 aliphatic carbocycles. The van der Waals surface area contributed by atoms with Crippen molar-refractivity contribution in [2.45, 2.75) is 70.6 Å². The van der Waals surface area contributed by atoms with Crippen LogP contribution in [0.2, 0.25) is 0 Å². The van der Waals surface area contributed by atoms with Crippen molar-refractivity contribution in [1.82, 2.24) is 20.9 Å². The molecule has 54 heavy (non-hydrogen) atoms. The molecule has 290 valence electrons. The molecule has 0 saturated carbocycles. The van der Waals surface area contributed by atoms with Crippen LogP contribution in [0.5, 0.6) is 0 Å². The summed E-state index contributed by atoms with van der Waals surface area (Å²) in [5.74, 6) is -6.59. The van der Waals surface area contributed by atoms with Gasteiger partial charge in [0, 0.05) is 46.7 Å². The van der Waals surface area contributed by atoms with Crippen LogP contribution in [0.15, 0.2) is 48.5 Å². The molecule has 0 bridgehead atoms. The summed E-state index contributed by atoms with van der Waals surface area (Å²) in [5.41, 5.74) is 4.12. The van der Waals surface area contributed by atoms with Crippen molar-refractivity contribution >= 4 is 47.7 Å². The van der Waals surface area contributed by atoms with E-state index in [-0.39, 0.29) is 25.6 Å². The molecule has 1 heterocycles. The molecule has 18 nitrogen and oxygen atoms in total. The van der Waals surface area contributed by atoms with Gasteiger partial charge in [-0.3, -0.25) is 33.6 Å². The van der Waals surface area contributed by atoms with E-state index in [4.69, 9.17) is 23.7 Å². The zero-order valence-electron chi connectivity index (χ0n) is 30.0. The zero-order valence-corrected chi connectivity index (χ0v) is 30.0. The molecule has 4 N–H and O–H groups in total. The number of carbonyl (C=O) groups is 8. The monoisotopic (exact) mass is 754 g/mol. The van der Waals surface area contributed by atoms with Gasteiger partial charge in [-0.1, -0.05) is 48.5 Å². The van der Waals surface area contributed by atoms with Crippen molar-refractivity contribution in [3.8, 4) is 11.1 Å². The molecule has 1 saturated heterocycles. The van der Waals surface area contributed by atoms with Gasteiger partial charge in [0.25, 0.3) is 0 Å². The van der Waals surface area contributed by atoms with Gasteiger partial charge in [0.1, 0.15) is 38.3 Å². The first-order chi connectivity index (χ1) is 25.6. The second kappa shape index (κ2) is 18.6. The summed E-state index contributed by atoms with van der Waals surface area (Å²) in [6.07, 6.45) is -7.43. The maximum absolute atomic E-state index is 13.2. The minimum absolute atomic E-state index is 0.0300. The average molecular weight is 755 g/mol. The highest BCUT2D eigenvalue weighted by atomic mass is 16.6. The fraction of sp³-hybridized carbons (Fsp3) is 0.444. The van der Waals surface area contributed by atoms with Crippen LogP contribution in [0.25, 0.3) is 11.1 Å². The topological polar surface area (TPSA) is 242 Å². The van der Waals surface area contributed by atoms with Gasteiger partial charge in [-0.25, -0.2) is 4.79 Å². The van der Waals surface area contributed by atoms with Crippen LogP contribution in [0.1, 0.15) is 51.2 Å². The molecule has 0 spiro atoms. The maximum atomic E-state index is 13.2. The molecule has 1 fully saturated rings. The van der Waals surface area contributed by atoms with Gasteiger partial charge in [-0.15, -0.1) is 0 Å². The minimum atomic E-state index is -1.53. The highest BCUT2D eigenvalue weighted by Crippen LogP contribution is 2.44. The van der Waals surface area contributed by atoms with Gasteiger partial charge in [0.15, 0.2) is 18.4 Å². The predicted molar refractivity (Wildman–Crippen MR) is 184 cm³/mol. The summed E-state index contributed by atoms with van der Waals surface area (Å²) in [6, 6.07) is 14.2. The Hall–Kier alpha value is -6.04. The fourth-order valence-electron chi connectivity index (χ4n) is 6.31. The summed E-state index contributed by atoms with van der Waals surface area (Å²) in [6.45, 7) is 2.53. The first-order valence-electron chi connectivity index (χ1n) is 16.9. The third-order valence-corrected chi connectivity index (χ3v) is 8.41. The van der Waals surface area contributed by atoms with E-state index >= 15 is 0 Å². The summed E-state index contributed by atoms with van der Waals surface area (Å²) in [5, 5.41) is 16.8. The number of carboxylic acid groups (broad SMARTS) is 1. The normalized spacial score (nSPS) is 19.9. The van der Waals surface area contributed by atoms with Gasteiger partial charge in [0.05, 0.1) is 0 Å². The van der Waals surface area contributed by atoms with Crippen LogP contribution in [-0.2, 0) is 57.2 Å². The van der Waals surface area contributed by atoms with Crippen LogP contribution in [0, 0.1) is 0 Å². The number of esters is 3. The SMILES string of the molecule is CC(=O)N[C@@H]1[C@@H](OC(C)=O)[C@@H](OC(C)=O)[C@@H](COC(C)=O)O[C@H]1NC(=O)CC(=O)N(CCNC(=O)OCC1c2ccccc2-c2ccccc21)CC(=O)O. The van der Waals surface area contributed by atoms with Crippen molar-refractivity contribution in [2.75, 3.05) is 32.8 Å². The van der Waals surface area contributed by atoms with E-state index in [9.17, 15) is 43.5 Å². The van der Waals surface area contributed by atoms with Gasteiger partial charge in [-0.05, 0) is 22.3 Å². The molecule has 1 aliphatic heterocycles. The number of aliphatic carboxylic acids is 1. The molecule has 0 aromatic heterocycles. The number of alkyl carbamates (subject to hydrolysis) is 1. The number of benzene rings is 2. The molecule has 4 amide bonds. The van der Waals surface area contributed by atoms with Crippen molar-refractivity contribution in [3.63, 3.8) is 0 Å². The third kappa shape index (κ3) is 11.0. The molecule has 2 aromatic rings. The molecule has 5 atom stereocenters. The Morgan fingerprint density at radius 2 is 1.35 bits per heavy atom. The van der Waals surface area contributed by atoms with Crippen molar-refractivity contribution in [1.29, 1.82) is 0 Å². The standard InChI is InChI=1S/C36H42N4O14/c1-19(41)38-32-34(53-22(4)44)33(52-21(3)43)28(18-50-20(2)42)54-35(32)39-29(45)15-30(46)40(16-31(47)48)14-13-37-36(49)51-17-27-25-11-7-5-9-23(25)24-10-6-8-12-26(24)27/h5-12,27-28,32-35H,13-18H2,1-4H3,(H,37,49)(H,38,41)(H,39,45)(H,47,48)/t28-,32-,33+,34-,35-/m1/s1. The summed E-state index contributed by atoms with van der Waals surface area (Å²) in [4.78, 5) is 99.3. The number of nitrogens with one attached hydrogen (secondary N) is 3. The summed E-state index contributed by atoms with van der Waals surface area (Å²) >= 11 is 0. The van der Waals surface area contributed by atoms with Gasteiger partial charge >= 0.3 is 30.0 Å². The minimum Gasteiger partial charge on any atom is -0.480 e. The van der Waals surface area contributed by atoms with Crippen molar-refractivity contribution in [2.24, 2.45) is 0 Å². The van der Waals surface area contributed by atoms with E-state index in [1.54, 1.807) is 0 Å². The molecule has 0 radical (unpaired) electrons. The number of nitrogens with zero attached hydrogens (tertiary/aromatic N) is 1. The lowest BCUT2D eigenvalue weighted by atomic mass is 9.95. The third-order valence-electron chi connectivity index (χ3n) is 8.41. The number of amides is 4. The Morgan fingerprint density at radius 1 is 0.759 bits per heavy atom. The smallest absolute Gasteiger partial charge is 0.407 e. The van der Waals surface area contributed by atoms with E-state index in [2.05, 4.69) is 16.0 Å². The van der Waals surface area contributed by atoms with E-state index in [1.165, 1.54) is 0 Å². The van der Waals surface area contributed by atoms with Crippen LogP contribution in [-0.4, -0.2) is 121 Å². The first-order valence-corrected chi connectivity index (χ1v) is 16.9. The Balaban J connectivity index is 1.39. The number of hydrogen-bond acceptors (Lipinski definition) is 13. The lowest BCUT2D eigenvalue weighted by Crippen LogP contribution is -2.69. The molecular formula is C36H42N4O14. The maximum Gasteiger partial charge on any atom is 0.407 e. The first kappa shape index (κ1) is 40.7. The Labute approximate surface area is 309 Å². The lowest BCUT2D eigenvalue weighted by Gasteiger charge is -2.45. The quantitative estimate of drug-likeness (QED) is 0.111. The van der Waals surface area contributed by atoms with Crippen molar-refractivity contribution in [3.05, 3.63) is 59.7 Å². The highest BCUT2D eigenvalue weighted by molar-refractivity contribution is 5.98. The number of carbonyl (C=O) groups excluding carboxylic acids is 7. The highest BCUT2D eigenvalue weighted by Gasteiger charge is 2.51. The summed E-state index contributed by atoms with van der Waals surface area (Å²) < 4.78 is 27.1. The molecule has 18 heteroatoms. The van der Waals surface area contributed by atoms with Crippen LogP contribution < -0.4 is 16.0 Å². The zero-order chi connectivity index (χ0) is 39.5. The average Bonchev–Trinajstić information content (AvgIpc) is 3.41. The number of fused-ring (bicyclic) bond motifs is 3. The van der Waals surface area contributed by atoms with E-state index in [1.807, 2.05) is 48.5 Å². The second-order valence-corrected chi connectivity index (χ2v) is 12.5. The number of rotatable bonds is 15. The van der Waals surface area contributed by atoms with E-state index < -0.39 is 97.8 Å².